The predicted octanol–water partition coefficient (Wildman–Crippen LogP) is 5.06. The van der Waals surface area contributed by atoms with Crippen molar-refractivity contribution in [3.8, 4) is 0 Å². The van der Waals surface area contributed by atoms with Gasteiger partial charge in [-0.1, -0.05) is 26.0 Å². The first-order valence-electron chi connectivity index (χ1n) is 6.73. The van der Waals surface area contributed by atoms with Crippen LogP contribution in [0.4, 0.5) is 0 Å². The third kappa shape index (κ3) is 3.11. The molecule has 2 heterocycles. The van der Waals surface area contributed by atoms with E-state index in [1.54, 1.807) is 0 Å². The number of hydrogen-bond acceptors (Lipinski definition) is 4. The van der Waals surface area contributed by atoms with Crippen molar-refractivity contribution in [3.05, 3.63) is 29.3 Å². The predicted molar refractivity (Wildman–Crippen MR) is 90.4 cm³/mol. The lowest BCUT2D eigenvalue weighted by Crippen LogP contribution is -2.29. The summed E-state index contributed by atoms with van der Waals surface area (Å²) < 4.78 is 2.03. The zero-order valence-corrected chi connectivity index (χ0v) is 13.8. The van der Waals surface area contributed by atoms with Gasteiger partial charge in [0.25, 0.3) is 0 Å². The summed E-state index contributed by atoms with van der Waals surface area (Å²) in [4.78, 5) is 4.79. The van der Waals surface area contributed by atoms with Crippen molar-refractivity contribution in [3.63, 3.8) is 0 Å². The molecule has 102 valence electrons. The van der Waals surface area contributed by atoms with Crippen molar-refractivity contribution >= 4 is 45.1 Å². The second-order valence-electron chi connectivity index (χ2n) is 5.67. The van der Waals surface area contributed by atoms with Crippen LogP contribution in [0.15, 0.2) is 24.3 Å². The Hall–Kier alpha value is -0.190. The van der Waals surface area contributed by atoms with E-state index in [-0.39, 0.29) is 0 Å². The lowest BCUT2D eigenvalue weighted by Gasteiger charge is -2.35. The molecule has 2 aromatic rings. The van der Waals surface area contributed by atoms with E-state index < -0.39 is 0 Å². The fourth-order valence-electron chi connectivity index (χ4n) is 2.41. The quantitative estimate of drug-likeness (QED) is 0.786. The number of thioether (sulfide) groups is 2. The zero-order valence-electron chi connectivity index (χ0n) is 11.4. The van der Waals surface area contributed by atoms with Crippen LogP contribution in [0.2, 0.25) is 0 Å². The highest BCUT2D eigenvalue weighted by molar-refractivity contribution is 8.17. The van der Waals surface area contributed by atoms with Crippen molar-refractivity contribution in [2.75, 3.05) is 11.5 Å². The fourth-order valence-corrected chi connectivity index (χ4v) is 6.88. The minimum Gasteiger partial charge on any atom is -0.241 e. The highest BCUT2D eigenvalue weighted by Crippen LogP contribution is 2.44. The van der Waals surface area contributed by atoms with Crippen molar-refractivity contribution in [2.45, 2.75) is 31.3 Å². The molecule has 0 amide bonds. The number of nitrogens with zero attached hydrogens (tertiary/aromatic N) is 1. The third-order valence-electron chi connectivity index (χ3n) is 3.41. The number of hydrogen-bond donors (Lipinski definition) is 0. The van der Waals surface area contributed by atoms with Crippen molar-refractivity contribution in [2.24, 2.45) is 5.41 Å². The van der Waals surface area contributed by atoms with Crippen molar-refractivity contribution in [1.29, 1.82) is 0 Å². The minimum absolute atomic E-state index is 0.323. The topological polar surface area (TPSA) is 12.9 Å². The highest BCUT2D eigenvalue weighted by atomic mass is 32.2. The van der Waals surface area contributed by atoms with Crippen LogP contribution in [0, 0.1) is 5.41 Å². The first kappa shape index (κ1) is 13.8. The molecule has 0 atom stereocenters. The molecule has 1 nitrogen and oxygen atoms in total. The first-order chi connectivity index (χ1) is 9.15. The van der Waals surface area contributed by atoms with Gasteiger partial charge in [-0.05, 0) is 35.5 Å². The van der Waals surface area contributed by atoms with E-state index in [9.17, 15) is 0 Å². The maximum absolute atomic E-state index is 4.79. The Kier molecular flexibility index (Phi) is 4.11. The number of rotatable bonds is 3. The van der Waals surface area contributed by atoms with Crippen LogP contribution in [-0.4, -0.2) is 21.1 Å². The second-order valence-corrected chi connectivity index (χ2v) is 9.51. The molecule has 1 saturated heterocycles. The Balaban J connectivity index is 1.78. The van der Waals surface area contributed by atoms with Gasteiger partial charge in [0, 0.05) is 6.42 Å². The van der Waals surface area contributed by atoms with Gasteiger partial charge in [-0.3, -0.25) is 0 Å². The lowest BCUT2D eigenvalue weighted by molar-refractivity contribution is 0.401. The second kappa shape index (κ2) is 5.66. The standard InChI is InChI=1S/C15H19NS3/c1-15(2,14-17-8-5-9-18-14)10-13-16-11-6-3-4-7-12(11)19-13/h3-4,6-7,14H,5,8-10H2,1-2H3. The molecule has 1 aliphatic rings. The summed E-state index contributed by atoms with van der Waals surface area (Å²) in [5, 5.41) is 1.29. The Labute approximate surface area is 127 Å². The summed E-state index contributed by atoms with van der Waals surface area (Å²) in [5.41, 5.74) is 1.48. The zero-order chi connectivity index (χ0) is 13.3. The number of fused-ring (bicyclic) bond motifs is 1. The van der Waals surface area contributed by atoms with E-state index in [1.165, 1.54) is 27.6 Å². The van der Waals surface area contributed by atoms with E-state index in [0.717, 1.165) is 11.9 Å². The molecule has 3 rings (SSSR count). The van der Waals surface area contributed by atoms with Crippen LogP contribution < -0.4 is 0 Å². The van der Waals surface area contributed by atoms with Crippen molar-refractivity contribution < 1.29 is 0 Å². The molecule has 1 aliphatic heterocycles. The van der Waals surface area contributed by atoms with E-state index in [4.69, 9.17) is 4.98 Å². The summed E-state index contributed by atoms with van der Waals surface area (Å²) >= 11 is 6.13. The maximum Gasteiger partial charge on any atom is 0.0944 e. The Morgan fingerprint density at radius 2 is 1.95 bits per heavy atom. The fraction of sp³-hybridized carbons (Fsp3) is 0.533. The van der Waals surface area contributed by atoms with Gasteiger partial charge in [-0.15, -0.1) is 34.9 Å². The Morgan fingerprint density at radius 1 is 1.21 bits per heavy atom. The highest BCUT2D eigenvalue weighted by Gasteiger charge is 2.33. The van der Waals surface area contributed by atoms with Gasteiger partial charge in [-0.2, -0.15) is 0 Å². The van der Waals surface area contributed by atoms with E-state index in [2.05, 4.69) is 61.6 Å². The first-order valence-corrected chi connectivity index (χ1v) is 9.64. The normalized spacial score (nSPS) is 18.0. The smallest absolute Gasteiger partial charge is 0.0944 e. The van der Waals surface area contributed by atoms with Gasteiger partial charge in [0.15, 0.2) is 0 Å². The van der Waals surface area contributed by atoms with Crippen LogP contribution in [0.25, 0.3) is 10.2 Å². The van der Waals surface area contributed by atoms with Crippen LogP contribution in [0.3, 0.4) is 0 Å². The van der Waals surface area contributed by atoms with E-state index in [1.807, 2.05) is 11.3 Å². The van der Waals surface area contributed by atoms with Gasteiger partial charge < -0.3 is 0 Å². The number of aromatic nitrogens is 1. The molecule has 4 heteroatoms. The molecule has 0 aliphatic carbocycles. The van der Waals surface area contributed by atoms with Gasteiger partial charge in [0.1, 0.15) is 0 Å². The molecule has 0 saturated carbocycles. The summed E-state index contributed by atoms with van der Waals surface area (Å²) in [6.45, 7) is 4.80. The third-order valence-corrected chi connectivity index (χ3v) is 8.19. The van der Waals surface area contributed by atoms with Crippen molar-refractivity contribution in [1.82, 2.24) is 4.98 Å². The molecule has 0 N–H and O–H groups in total. The molecule has 0 bridgehead atoms. The monoisotopic (exact) mass is 309 g/mol. The SMILES string of the molecule is CC(C)(Cc1nc2ccccc2s1)C1SCCCS1. The molecule has 0 spiro atoms. The molecule has 0 unspecified atom stereocenters. The largest absolute Gasteiger partial charge is 0.241 e. The van der Waals surface area contributed by atoms with E-state index >= 15 is 0 Å². The van der Waals surface area contributed by atoms with E-state index in [0.29, 0.717) is 10.00 Å². The number of para-hydroxylation sites is 1. The summed E-state index contributed by atoms with van der Waals surface area (Å²) in [6, 6.07) is 8.46. The Morgan fingerprint density at radius 3 is 2.68 bits per heavy atom. The van der Waals surface area contributed by atoms with Crippen LogP contribution in [0.5, 0.6) is 0 Å². The Bertz CT molecular complexity index is 522. The summed E-state index contributed by atoms with van der Waals surface area (Å²) in [5.74, 6) is 2.64. The van der Waals surface area contributed by atoms with Crippen LogP contribution in [0.1, 0.15) is 25.3 Å². The van der Waals surface area contributed by atoms with Crippen LogP contribution in [-0.2, 0) is 6.42 Å². The molecular weight excluding hydrogens is 290 g/mol. The molecule has 0 radical (unpaired) electrons. The van der Waals surface area contributed by atoms with Gasteiger partial charge in [-0.25, -0.2) is 4.98 Å². The maximum atomic E-state index is 4.79. The molecule has 1 aromatic carbocycles. The number of benzene rings is 1. The number of thiazole rings is 1. The lowest BCUT2D eigenvalue weighted by atomic mass is 9.92. The van der Waals surface area contributed by atoms with Gasteiger partial charge in [0.2, 0.25) is 0 Å². The molecule has 1 aromatic heterocycles. The van der Waals surface area contributed by atoms with Crippen LogP contribution >= 0.6 is 34.9 Å². The minimum atomic E-state index is 0.323. The molecular formula is C15H19NS3. The van der Waals surface area contributed by atoms with Gasteiger partial charge in [0.05, 0.1) is 19.8 Å². The molecule has 19 heavy (non-hydrogen) atoms. The molecule has 1 fully saturated rings. The van der Waals surface area contributed by atoms with Gasteiger partial charge >= 0.3 is 0 Å². The average Bonchev–Trinajstić information content (AvgIpc) is 2.81. The summed E-state index contributed by atoms with van der Waals surface area (Å²) in [7, 11) is 0. The summed E-state index contributed by atoms with van der Waals surface area (Å²) in [6.07, 6.45) is 2.46. The average molecular weight is 310 g/mol.